The number of aldehydes is 6. The van der Waals surface area contributed by atoms with E-state index in [1.807, 2.05) is 0 Å². The zero-order chi connectivity index (χ0) is 36.7. The smallest absolute Gasteiger partial charge is 0.132 e. The van der Waals surface area contributed by atoms with E-state index in [1.165, 1.54) is 0 Å². The SMILES string of the molecule is NCCSC(C=O)CC(CC=O)SCCN.NCCSC(CC=O)C(CC=O)SCCN.NCSCC(C=O)CCC(C=O)CSCN. The van der Waals surface area contributed by atoms with E-state index in [9.17, 15) is 28.8 Å². The van der Waals surface area contributed by atoms with Crippen LogP contribution in [-0.4, -0.2) is 131 Å². The molecule has 48 heavy (non-hydrogen) atoms. The Hall–Kier alpha value is -0.120. The number of hydrogen-bond donors (Lipinski definition) is 6. The Morgan fingerprint density at radius 3 is 1.21 bits per heavy atom. The first kappa shape index (κ1) is 52.2. The van der Waals surface area contributed by atoms with Crippen molar-refractivity contribution in [1.82, 2.24) is 0 Å². The topological polar surface area (TPSA) is 259 Å². The van der Waals surface area contributed by atoms with Gasteiger partial charge in [0.15, 0.2) is 0 Å². The minimum absolute atomic E-state index is 0.0128. The van der Waals surface area contributed by atoms with Gasteiger partial charge in [0.05, 0.1) is 5.25 Å². The molecule has 0 aliphatic rings. The van der Waals surface area contributed by atoms with Crippen molar-refractivity contribution in [2.75, 3.05) is 72.4 Å². The average Bonchev–Trinajstić information content (AvgIpc) is 3.11. The summed E-state index contributed by atoms with van der Waals surface area (Å²) < 4.78 is 0. The summed E-state index contributed by atoms with van der Waals surface area (Å²) in [6.07, 6.45) is 9.25. The van der Waals surface area contributed by atoms with Crippen LogP contribution in [0, 0.1) is 11.8 Å². The highest BCUT2D eigenvalue weighted by molar-refractivity contribution is 8.03. The van der Waals surface area contributed by atoms with E-state index in [2.05, 4.69) is 0 Å². The Bertz CT molecular complexity index is 731. The van der Waals surface area contributed by atoms with Gasteiger partial charge >= 0.3 is 0 Å². The van der Waals surface area contributed by atoms with Gasteiger partial charge < -0.3 is 63.2 Å². The van der Waals surface area contributed by atoms with Gasteiger partial charge in [0.1, 0.15) is 37.7 Å². The molecule has 0 aliphatic carbocycles. The van der Waals surface area contributed by atoms with Crippen LogP contribution in [0.3, 0.4) is 0 Å². The van der Waals surface area contributed by atoms with Crippen LogP contribution < -0.4 is 34.4 Å². The van der Waals surface area contributed by atoms with Crippen LogP contribution in [-0.2, 0) is 28.8 Å². The number of carbonyl (C=O) groups is 6. The number of hydrogen-bond acceptors (Lipinski definition) is 18. The normalized spacial score (nSPS) is 14.4. The van der Waals surface area contributed by atoms with E-state index < -0.39 is 0 Å². The highest BCUT2D eigenvalue weighted by Crippen LogP contribution is 2.28. The lowest BCUT2D eigenvalue weighted by Gasteiger charge is -2.23. The summed E-state index contributed by atoms with van der Waals surface area (Å²) in [6.45, 7) is 2.36. The molecule has 0 radical (unpaired) electrons. The first-order valence-corrected chi connectivity index (χ1v) is 22.4. The van der Waals surface area contributed by atoms with Crippen LogP contribution in [0.5, 0.6) is 0 Å². The van der Waals surface area contributed by atoms with E-state index in [1.54, 1.807) is 70.6 Å². The molecule has 0 rings (SSSR count). The average molecular weight is 793 g/mol. The van der Waals surface area contributed by atoms with Crippen molar-refractivity contribution >= 4 is 108 Å². The van der Waals surface area contributed by atoms with Crippen LogP contribution in [0.15, 0.2) is 0 Å². The molecule has 0 saturated carbocycles. The fraction of sp³-hybridized carbons (Fsp3) is 0.800. The number of carbonyl (C=O) groups excluding carboxylic acids is 6. The summed E-state index contributed by atoms with van der Waals surface area (Å²) in [5, 5.41) is 0.478. The van der Waals surface area contributed by atoms with Gasteiger partial charge in [-0.1, -0.05) is 0 Å². The quantitative estimate of drug-likeness (QED) is 0.0404. The van der Waals surface area contributed by atoms with Crippen LogP contribution in [0.1, 0.15) is 38.5 Å². The van der Waals surface area contributed by atoms with Crippen LogP contribution in [0.25, 0.3) is 0 Å². The Kier molecular flexibility index (Phi) is 46.8. The third-order valence-electron chi connectivity index (χ3n) is 6.09. The summed E-state index contributed by atoms with van der Waals surface area (Å²) in [6, 6.07) is 0. The molecule has 0 aliphatic heterocycles. The molecule has 0 aromatic rings. The minimum atomic E-state index is -0.0567. The summed E-state index contributed by atoms with van der Waals surface area (Å²) >= 11 is 9.66. The zero-order valence-electron chi connectivity index (χ0n) is 28.0. The standard InChI is InChI=1S/3C10H20N2O2S2/c11-3-7-15-9(1-5-13)10(2-6-14)16-8-4-12;11-2-5-15-9(1-4-13)7-10(8-14)16-6-3-12;11-7-15-5-9(3-13)1-2-10(4-14)6-16-8-12/h5-6,9-10H,1-4,7-8,11-12H2;4,8-10H,1-3,5-7,11-12H2;3-4,9-10H,1-2,5-8,11-12H2. The van der Waals surface area contributed by atoms with E-state index in [-0.39, 0.29) is 32.8 Å². The van der Waals surface area contributed by atoms with Gasteiger partial charge in [-0.05, 0) is 19.3 Å². The molecule has 6 atom stereocenters. The van der Waals surface area contributed by atoms with E-state index in [0.717, 1.165) is 91.5 Å². The summed E-state index contributed by atoms with van der Waals surface area (Å²) in [5.41, 5.74) is 32.4. The van der Waals surface area contributed by atoms with Crippen LogP contribution >= 0.6 is 70.6 Å². The Balaban J connectivity index is -0.000000633. The maximum atomic E-state index is 10.8. The van der Waals surface area contributed by atoms with Crippen molar-refractivity contribution in [1.29, 1.82) is 0 Å². The monoisotopic (exact) mass is 792 g/mol. The molecule has 6 unspecified atom stereocenters. The third-order valence-corrected chi connectivity index (χ3v) is 13.4. The molecule has 0 spiro atoms. The molecule has 0 aromatic heterocycles. The fourth-order valence-electron chi connectivity index (χ4n) is 3.75. The van der Waals surface area contributed by atoms with Gasteiger partial charge in [0.2, 0.25) is 0 Å². The third kappa shape index (κ3) is 34.3. The maximum absolute atomic E-state index is 10.8. The molecule has 0 amide bonds. The fourth-order valence-corrected chi connectivity index (χ4v) is 9.58. The van der Waals surface area contributed by atoms with Gasteiger partial charge in [0, 0.05) is 119 Å². The van der Waals surface area contributed by atoms with Crippen LogP contribution in [0.2, 0.25) is 0 Å². The van der Waals surface area contributed by atoms with E-state index >= 15 is 0 Å². The van der Waals surface area contributed by atoms with Gasteiger partial charge in [-0.2, -0.15) is 35.3 Å². The van der Waals surface area contributed by atoms with Gasteiger partial charge in [-0.25, -0.2) is 0 Å². The molecule has 12 N–H and O–H groups in total. The number of thioether (sulfide) groups is 6. The lowest BCUT2D eigenvalue weighted by molar-refractivity contribution is -0.112. The second-order valence-corrected chi connectivity index (χ2v) is 17.5. The highest BCUT2D eigenvalue weighted by Gasteiger charge is 2.21. The van der Waals surface area contributed by atoms with Gasteiger partial charge in [-0.15, -0.1) is 35.3 Å². The molecule has 0 heterocycles. The molecule has 0 aromatic carbocycles. The second-order valence-electron chi connectivity index (χ2n) is 9.90. The van der Waals surface area contributed by atoms with E-state index in [4.69, 9.17) is 34.4 Å². The Morgan fingerprint density at radius 2 is 0.875 bits per heavy atom. The molecular weight excluding hydrogens is 733 g/mol. The van der Waals surface area contributed by atoms with Crippen LogP contribution in [0.4, 0.5) is 0 Å². The maximum Gasteiger partial charge on any atom is 0.132 e. The number of rotatable bonds is 33. The second kappa shape index (κ2) is 43.0. The molecule has 12 nitrogen and oxygen atoms in total. The summed E-state index contributed by atoms with van der Waals surface area (Å²) in [5.74, 6) is 5.82. The van der Waals surface area contributed by atoms with E-state index in [0.29, 0.717) is 57.2 Å². The first-order valence-electron chi connectivity index (χ1n) is 15.8. The molecule has 0 fully saturated rings. The van der Waals surface area contributed by atoms with Crippen molar-refractivity contribution < 1.29 is 28.8 Å². The molecular formula is C30H60N6O6S6. The zero-order valence-corrected chi connectivity index (χ0v) is 32.9. The Morgan fingerprint density at radius 1 is 0.479 bits per heavy atom. The van der Waals surface area contributed by atoms with Crippen molar-refractivity contribution in [3.8, 4) is 0 Å². The number of nitrogens with two attached hydrogens (primary N) is 6. The molecule has 0 saturated heterocycles. The lowest BCUT2D eigenvalue weighted by atomic mass is 10.00. The highest BCUT2D eigenvalue weighted by atomic mass is 32.2. The van der Waals surface area contributed by atoms with Gasteiger partial charge in [-0.3, -0.25) is 0 Å². The molecule has 18 heteroatoms. The lowest BCUT2D eigenvalue weighted by Crippen LogP contribution is -2.24. The summed E-state index contributed by atoms with van der Waals surface area (Å²) in [4.78, 5) is 64.0. The van der Waals surface area contributed by atoms with Gasteiger partial charge in [0.25, 0.3) is 0 Å². The first-order chi connectivity index (χ1) is 23.4. The van der Waals surface area contributed by atoms with Crippen molar-refractivity contribution in [2.45, 2.75) is 59.5 Å². The van der Waals surface area contributed by atoms with Crippen molar-refractivity contribution in [3.05, 3.63) is 0 Å². The summed E-state index contributed by atoms with van der Waals surface area (Å²) in [7, 11) is 0. The van der Waals surface area contributed by atoms with Crippen molar-refractivity contribution in [2.24, 2.45) is 46.2 Å². The Labute approximate surface area is 313 Å². The molecule has 0 bridgehead atoms. The minimum Gasteiger partial charge on any atom is -0.330 e. The molecule has 282 valence electrons. The predicted molar refractivity (Wildman–Crippen MR) is 215 cm³/mol. The predicted octanol–water partition coefficient (Wildman–Crippen LogP) is 1.27. The largest absolute Gasteiger partial charge is 0.330 e. The van der Waals surface area contributed by atoms with Crippen molar-refractivity contribution in [3.63, 3.8) is 0 Å².